The van der Waals surface area contributed by atoms with E-state index in [1.54, 1.807) is 30.3 Å². The first-order valence-electron chi connectivity index (χ1n) is 6.65. The summed E-state index contributed by atoms with van der Waals surface area (Å²) in [6, 6.07) is 6.92. The fourth-order valence-electron chi connectivity index (χ4n) is 2.56. The number of carbonyl (C=O) groups is 1. The summed E-state index contributed by atoms with van der Waals surface area (Å²) in [4.78, 5) is 16.7. The van der Waals surface area contributed by atoms with Crippen molar-refractivity contribution < 1.29 is 32.6 Å². The second-order valence-corrected chi connectivity index (χ2v) is 4.92. The Bertz CT molecular complexity index is 537. The Hall–Kier alpha value is -1.64. The zero-order valence-corrected chi connectivity index (χ0v) is 12.0. The van der Waals surface area contributed by atoms with Crippen LogP contribution >= 0.6 is 0 Å². The van der Waals surface area contributed by atoms with E-state index in [4.69, 9.17) is 4.74 Å². The number of nitrogens with zero attached hydrogens (tertiary/aromatic N) is 1. The molecule has 3 atom stereocenters. The van der Waals surface area contributed by atoms with Crippen molar-refractivity contribution in [1.82, 2.24) is 5.06 Å². The van der Waals surface area contributed by atoms with Crippen LogP contribution in [0.3, 0.4) is 0 Å². The first-order chi connectivity index (χ1) is 10.2. The molecule has 22 heavy (non-hydrogen) atoms. The van der Waals surface area contributed by atoms with Crippen LogP contribution in [0.2, 0.25) is 0 Å². The predicted molar refractivity (Wildman–Crippen MR) is 69.2 cm³/mol. The quantitative estimate of drug-likeness (QED) is 0.864. The van der Waals surface area contributed by atoms with E-state index in [0.29, 0.717) is 5.56 Å². The van der Waals surface area contributed by atoms with Crippen molar-refractivity contribution in [3.8, 4) is 0 Å². The lowest BCUT2D eigenvalue weighted by atomic mass is 9.87. The van der Waals surface area contributed by atoms with Crippen LogP contribution < -0.4 is 0 Å². The van der Waals surface area contributed by atoms with Crippen LogP contribution in [0.1, 0.15) is 18.5 Å². The Balaban J connectivity index is 2.50. The summed E-state index contributed by atoms with van der Waals surface area (Å²) < 4.78 is 44.5. The topological polar surface area (TPSA) is 59.0 Å². The number of rotatable bonds is 3. The third-order valence-electron chi connectivity index (χ3n) is 3.50. The van der Waals surface area contributed by atoms with Gasteiger partial charge in [0.05, 0.1) is 12.6 Å². The predicted octanol–water partition coefficient (Wildman–Crippen LogP) is 2.03. The molecule has 0 unspecified atom stereocenters. The van der Waals surface area contributed by atoms with Crippen molar-refractivity contribution in [2.24, 2.45) is 5.92 Å². The number of alkyl halides is 3. The van der Waals surface area contributed by atoms with Crippen LogP contribution in [0.4, 0.5) is 13.2 Å². The lowest BCUT2D eigenvalue weighted by molar-refractivity contribution is -0.400. The van der Waals surface area contributed by atoms with Crippen LogP contribution in [-0.2, 0) is 14.4 Å². The summed E-state index contributed by atoms with van der Waals surface area (Å²) in [5, 5.41) is 10.8. The zero-order valence-electron chi connectivity index (χ0n) is 12.0. The van der Waals surface area contributed by atoms with Gasteiger partial charge in [0.15, 0.2) is 0 Å². The molecule has 0 radical (unpaired) electrons. The molecule has 0 bridgehead atoms. The van der Waals surface area contributed by atoms with E-state index in [2.05, 4.69) is 4.84 Å². The number of esters is 1. The van der Waals surface area contributed by atoms with Gasteiger partial charge in [-0.15, -0.1) is 0 Å². The maximum atomic E-state index is 13.2. The van der Waals surface area contributed by atoms with E-state index in [9.17, 15) is 23.1 Å². The normalized spacial score (nSPS) is 29.5. The zero-order chi connectivity index (χ0) is 16.5. The van der Waals surface area contributed by atoms with E-state index >= 15 is 0 Å². The summed E-state index contributed by atoms with van der Waals surface area (Å²) in [5.41, 5.74) is 0.406. The first-order valence-corrected chi connectivity index (χ1v) is 6.65. The second kappa shape index (κ2) is 5.86. The lowest BCUT2D eigenvalue weighted by Crippen LogP contribution is -2.53. The summed E-state index contributed by atoms with van der Waals surface area (Å²) in [6.45, 7) is 1.37. The Labute approximate surface area is 125 Å². The smallest absolute Gasteiger partial charge is 0.445 e. The van der Waals surface area contributed by atoms with Crippen molar-refractivity contribution >= 4 is 5.97 Å². The standard InChI is InChI=1S/C14H16F3NO4/c1-3-21-12(19)10-11(9-7-5-4-6-8-9)18(2)22-13(10,20)14(15,16)17/h4-8,10-11,20H,3H2,1-2H3/t10-,11-,13+/m1/s1. The van der Waals surface area contributed by atoms with Gasteiger partial charge >= 0.3 is 12.1 Å². The molecule has 0 spiro atoms. The van der Waals surface area contributed by atoms with Crippen molar-refractivity contribution in [3.63, 3.8) is 0 Å². The van der Waals surface area contributed by atoms with Crippen LogP contribution in [-0.4, -0.2) is 41.8 Å². The molecule has 1 heterocycles. The van der Waals surface area contributed by atoms with Crippen LogP contribution in [0.15, 0.2) is 30.3 Å². The minimum absolute atomic E-state index is 0.103. The molecule has 1 aromatic carbocycles. The van der Waals surface area contributed by atoms with E-state index in [1.807, 2.05) is 0 Å². The van der Waals surface area contributed by atoms with Gasteiger partial charge in [-0.2, -0.15) is 18.2 Å². The van der Waals surface area contributed by atoms with Gasteiger partial charge in [-0.25, -0.2) is 0 Å². The Morgan fingerprint density at radius 1 is 1.41 bits per heavy atom. The highest BCUT2D eigenvalue weighted by Gasteiger charge is 2.71. The first kappa shape index (κ1) is 16.7. The Kier molecular flexibility index (Phi) is 4.46. The number of hydrogen-bond acceptors (Lipinski definition) is 5. The average Bonchev–Trinajstić information content (AvgIpc) is 2.72. The van der Waals surface area contributed by atoms with Gasteiger partial charge in [-0.1, -0.05) is 30.3 Å². The summed E-state index contributed by atoms with van der Waals surface area (Å²) >= 11 is 0. The molecule has 122 valence electrons. The molecule has 5 nitrogen and oxygen atoms in total. The second-order valence-electron chi connectivity index (χ2n) is 4.92. The van der Waals surface area contributed by atoms with Crippen molar-refractivity contribution in [1.29, 1.82) is 0 Å². The molecule has 2 rings (SSSR count). The molecule has 1 fully saturated rings. The van der Waals surface area contributed by atoms with Crippen LogP contribution in [0, 0.1) is 5.92 Å². The number of ether oxygens (including phenoxy) is 1. The highest BCUT2D eigenvalue weighted by molar-refractivity contribution is 5.75. The summed E-state index contributed by atoms with van der Waals surface area (Å²) in [6.07, 6.45) is -5.15. The van der Waals surface area contributed by atoms with Gasteiger partial charge in [0.25, 0.3) is 5.79 Å². The summed E-state index contributed by atoms with van der Waals surface area (Å²) in [7, 11) is 1.23. The molecule has 1 aliphatic rings. The van der Waals surface area contributed by atoms with E-state index < -0.39 is 29.9 Å². The molecule has 1 N–H and O–H groups in total. The molecule has 0 amide bonds. The maximum absolute atomic E-state index is 13.2. The molecule has 8 heteroatoms. The fourth-order valence-corrected chi connectivity index (χ4v) is 2.56. The number of halogens is 3. The Morgan fingerprint density at radius 3 is 2.50 bits per heavy atom. The largest absolute Gasteiger partial charge is 0.466 e. The van der Waals surface area contributed by atoms with Gasteiger partial charge < -0.3 is 9.84 Å². The number of hydrogen-bond donors (Lipinski definition) is 1. The lowest BCUT2D eigenvalue weighted by Gasteiger charge is -2.29. The molecule has 0 saturated carbocycles. The maximum Gasteiger partial charge on any atom is 0.445 e. The molecule has 1 saturated heterocycles. The molecule has 0 aromatic heterocycles. The van der Waals surface area contributed by atoms with Crippen molar-refractivity contribution in [2.75, 3.05) is 13.7 Å². The Morgan fingerprint density at radius 2 is 2.00 bits per heavy atom. The van der Waals surface area contributed by atoms with E-state index in [1.165, 1.54) is 14.0 Å². The van der Waals surface area contributed by atoms with Gasteiger partial charge in [0.2, 0.25) is 0 Å². The minimum atomic E-state index is -5.15. The number of aliphatic hydroxyl groups is 1. The highest BCUT2D eigenvalue weighted by Crippen LogP contribution is 2.51. The highest BCUT2D eigenvalue weighted by atomic mass is 19.4. The van der Waals surface area contributed by atoms with Crippen LogP contribution in [0.5, 0.6) is 0 Å². The molecule has 1 aliphatic heterocycles. The average molecular weight is 319 g/mol. The van der Waals surface area contributed by atoms with Crippen molar-refractivity contribution in [3.05, 3.63) is 35.9 Å². The van der Waals surface area contributed by atoms with Gasteiger partial charge in [-0.05, 0) is 12.5 Å². The number of carbonyl (C=O) groups excluding carboxylic acids is 1. The van der Waals surface area contributed by atoms with Crippen molar-refractivity contribution in [2.45, 2.75) is 24.9 Å². The number of benzene rings is 1. The van der Waals surface area contributed by atoms with E-state index in [-0.39, 0.29) is 6.61 Å². The van der Waals surface area contributed by atoms with Gasteiger partial charge in [0, 0.05) is 7.05 Å². The fraction of sp³-hybridized carbons (Fsp3) is 0.500. The SMILES string of the molecule is CCOC(=O)[C@H]1[C@@H](c2ccccc2)N(C)O[C@]1(O)C(F)(F)F. The molecular formula is C14H16F3NO4. The molecule has 0 aliphatic carbocycles. The van der Waals surface area contributed by atoms with E-state index in [0.717, 1.165) is 5.06 Å². The third-order valence-corrected chi connectivity index (χ3v) is 3.50. The van der Waals surface area contributed by atoms with Crippen LogP contribution in [0.25, 0.3) is 0 Å². The van der Waals surface area contributed by atoms with Gasteiger partial charge in [-0.3, -0.25) is 9.63 Å². The molecular weight excluding hydrogens is 303 g/mol. The van der Waals surface area contributed by atoms with Gasteiger partial charge in [0.1, 0.15) is 5.92 Å². The minimum Gasteiger partial charge on any atom is -0.466 e. The summed E-state index contributed by atoms with van der Waals surface area (Å²) in [5.74, 6) is -6.74. The molecule has 1 aromatic rings. The third kappa shape index (κ3) is 2.69. The number of hydroxylamine groups is 2. The monoisotopic (exact) mass is 319 g/mol.